The summed E-state index contributed by atoms with van der Waals surface area (Å²) in [7, 11) is 0. The van der Waals surface area contributed by atoms with Crippen molar-refractivity contribution in [3.8, 4) is 0 Å². The molecule has 1 aromatic carbocycles. The molecule has 5 nitrogen and oxygen atoms in total. The molecule has 21 heavy (non-hydrogen) atoms. The number of halogens is 1. The maximum absolute atomic E-state index is 12.0. The largest absolute Gasteiger partial charge is 0.389 e. The van der Waals surface area contributed by atoms with Gasteiger partial charge in [0.2, 0.25) is 5.91 Å². The average molecular weight is 328 g/mol. The van der Waals surface area contributed by atoms with E-state index in [1.807, 2.05) is 11.0 Å². The number of ether oxygens (including phenoxy) is 1. The minimum absolute atomic E-state index is 0.122. The van der Waals surface area contributed by atoms with E-state index in [0.717, 1.165) is 5.69 Å². The smallest absolute Gasteiger partial charge is 0.224 e. The van der Waals surface area contributed by atoms with E-state index in [2.05, 4.69) is 5.32 Å². The van der Waals surface area contributed by atoms with E-state index in [9.17, 15) is 4.79 Å². The highest BCUT2D eigenvalue weighted by molar-refractivity contribution is 7.80. The zero-order valence-corrected chi connectivity index (χ0v) is 13.2. The number of nitrogens with zero attached hydrogens (tertiary/aromatic N) is 1. The first-order chi connectivity index (χ1) is 10.1. The molecule has 1 fully saturated rings. The maximum atomic E-state index is 12.0. The van der Waals surface area contributed by atoms with Crippen molar-refractivity contribution >= 4 is 40.4 Å². The van der Waals surface area contributed by atoms with Crippen molar-refractivity contribution in [3.05, 3.63) is 28.8 Å². The zero-order chi connectivity index (χ0) is 15.2. The van der Waals surface area contributed by atoms with Gasteiger partial charge >= 0.3 is 0 Å². The predicted octanol–water partition coefficient (Wildman–Crippen LogP) is 1.64. The van der Waals surface area contributed by atoms with E-state index in [-0.39, 0.29) is 10.9 Å². The second-order valence-corrected chi connectivity index (χ2v) is 5.60. The quantitative estimate of drug-likeness (QED) is 0.805. The summed E-state index contributed by atoms with van der Waals surface area (Å²) < 4.78 is 5.23. The highest BCUT2D eigenvalue weighted by Gasteiger charge is 2.16. The molecule has 0 aromatic heterocycles. The number of hydrogen-bond acceptors (Lipinski definition) is 4. The van der Waals surface area contributed by atoms with Gasteiger partial charge in [-0.15, -0.1) is 0 Å². The monoisotopic (exact) mass is 327 g/mol. The van der Waals surface area contributed by atoms with Crippen LogP contribution in [0.15, 0.2) is 18.2 Å². The van der Waals surface area contributed by atoms with Crippen LogP contribution in [0.3, 0.4) is 0 Å². The number of thiocarbonyl (C=S) groups is 1. The van der Waals surface area contributed by atoms with Crippen molar-refractivity contribution < 1.29 is 9.53 Å². The Hall–Kier alpha value is -1.37. The molecule has 1 aromatic rings. The first-order valence-electron chi connectivity index (χ1n) is 6.76. The Kier molecular flexibility index (Phi) is 5.78. The number of nitrogens with two attached hydrogens (primary N) is 1. The second-order valence-electron chi connectivity index (χ2n) is 4.72. The fraction of sp³-hybridized carbons (Fsp3) is 0.429. The number of amides is 1. The van der Waals surface area contributed by atoms with Crippen LogP contribution in [0.5, 0.6) is 0 Å². The third-order valence-electron chi connectivity index (χ3n) is 3.27. The lowest BCUT2D eigenvalue weighted by molar-refractivity contribution is -0.134. The summed E-state index contributed by atoms with van der Waals surface area (Å²) in [5, 5.41) is 3.76. The molecule has 2 rings (SSSR count). The predicted molar refractivity (Wildman–Crippen MR) is 87.8 cm³/mol. The van der Waals surface area contributed by atoms with E-state index < -0.39 is 0 Å². The molecule has 0 atom stereocenters. The molecule has 0 radical (unpaired) electrons. The van der Waals surface area contributed by atoms with Gasteiger partial charge in [-0.1, -0.05) is 23.8 Å². The standard InChI is InChI=1S/C14H18ClN3O2S/c15-10-1-2-12(11(9-10)14(16)21)17-4-3-13(19)18-5-7-20-8-6-18/h1-2,9,17H,3-8H2,(H2,16,21). The molecular formula is C14H18ClN3O2S. The molecule has 0 bridgehead atoms. The fourth-order valence-corrected chi connectivity index (χ4v) is 2.49. The van der Waals surface area contributed by atoms with Crippen molar-refractivity contribution in [1.29, 1.82) is 0 Å². The van der Waals surface area contributed by atoms with Crippen LogP contribution in [0.2, 0.25) is 5.02 Å². The Morgan fingerprint density at radius 1 is 1.43 bits per heavy atom. The molecule has 1 heterocycles. The van der Waals surface area contributed by atoms with E-state index in [1.165, 1.54) is 0 Å². The van der Waals surface area contributed by atoms with Gasteiger partial charge in [0.15, 0.2) is 0 Å². The second kappa shape index (κ2) is 7.59. The number of carbonyl (C=O) groups excluding carboxylic acids is 1. The van der Waals surface area contributed by atoms with Gasteiger partial charge in [0.1, 0.15) is 4.99 Å². The molecule has 0 unspecified atom stereocenters. The first kappa shape index (κ1) is 16.0. The number of benzene rings is 1. The van der Waals surface area contributed by atoms with Crippen LogP contribution in [0.25, 0.3) is 0 Å². The van der Waals surface area contributed by atoms with Gasteiger partial charge in [-0.2, -0.15) is 0 Å². The van der Waals surface area contributed by atoms with Crippen LogP contribution < -0.4 is 11.1 Å². The van der Waals surface area contributed by atoms with Crippen LogP contribution in [-0.4, -0.2) is 48.6 Å². The van der Waals surface area contributed by atoms with Gasteiger partial charge in [0, 0.05) is 42.3 Å². The summed E-state index contributed by atoms with van der Waals surface area (Å²) in [6.45, 7) is 3.08. The molecule has 1 aliphatic rings. The van der Waals surface area contributed by atoms with Crippen molar-refractivity contribution in [1.82, 2.24) is 4.90 Å². The molecule has 1 saturated heterocycles. The summed E-state index contributed by atoms with van der Waals surface area (Å²) >= 11 is 10.9. The molecule has 1 amide bonds. The Morgan fingerprint density at radius 3 is 2.81 bits per heavy atom. The summed E-state index contributed by atoms with van der Waals surface area (Å²) in [6, 6.07) is 5.29. The number of hydrogen-bond donors (Lipinski definition) is 2. The lowest BCUT2D eigenvalue weighted by Crippen LogP contribution is -2.41. The number of rotatable bonds is 5. The summed E-state index contributed by atoms with van der Waals surface area (Å²) in [6.07, 6.45) is 0.416. The number of nitrogens with one attached hydrogen (secondary N) is 1. The van der Waals surface area contributed by atoms with Gasteiger partial charge in [-0.05, 0) is 18.2 Å². The molecular weight excluding hydrogens is 310 g/mol. The van der Waals surface area contributed by atoms with Crippen LogP contribution in [0.1, 0.15) is 12.0 Å². The minimum Gasteiger partial charge on any atom is -0.389 e. The molecule has 1 aliphatic heterocycles. The SMILES string of the molecule is NC(=S)c1cc(Cl)ccc1NCCC(=O)N1CCOCC1. The highest BCUT2D eigenvalue weighted by atomic mass is 35.5. The van der Waals surface area contributed by atoms with Crippen LogP contribution >= 0.6 is 23.8 Å². The first-order valence-corrected chi connectivity index (χ1v) is 7.55. The summed E-state index contributed by atoms with van der Waals surface area (Å²) in [5.41, 5.74) is 7.16. The molecule has 0 aliphatic carbocycles. The van der Waals surface area contributed by atoms with Gasteiger partial charge in [-0.3, -0.25) is 4.79 Å². The van der Waals surface area contributed by atoms with Crippen molar-refractivity contribution in [2.75, 3.05) is 38.2 Å². The van der Waals surface area contributed by atoms with Crippen LogP contribution in [-0.2, 0) is 9.53 Å². The fourth-order valence-electron chi connectivity index (χ4n) is 2.15. The Balaban J connectivity index is 1.88. The summed E-state index contributed by atoms with van der Waals surface area (Å²) in [4.78, 5) is 14.1. The average Bonchev–Trinajstić information content (AvgIpc) is 2.49. The molecule has 114 valence electrons. The lowest BCUT2D eigenvalue weighted by Gasteiger charge is -2.27. The van der Waals surface area contributed by atoms with Gasteiger partial charge in [-0.25, -0.2) is 0 Å². The Bertz CT molecular complexity index is 533. The molecule has 0 spiro atoms. The zero-order valence-electron chi connectivity index (χ0n) is 11.6. The van der Waals surface area contributed by atoms with Gasteiger partial charge in [0.05, 0.1) is 13.2 Å². The number of morpholine rings is 1. The van der Waals surface area contributed by atoms with Crippen LogP contribution in [0, 0.1) is 0 Å². The number of anilines is 1. The van der Waals surface area contributed by atoms with E-state index in [1.54, 1.807) is 12.1 Å². The lowest BCUT2D eigenvalue weighted by atomic mass is 10.1. The van der Waals surface area contributed by atoms with Crippen molar-refractivity contribution in [2.24, 2.45) is 5.73 Å². The van der Waals surface area contributed by atoms with Gasteiger partial charge < -0.3 is 20.7 Å². The molecule has 7 heteroatoms. The number of carbonyl (C=O) groups is 1. The van der Waals surface area contributed by atoms with Gasteiger partial charge in [0.25, 0.3) is 0 Å². The van der Waals surface area contributed by atoms with Crippen molar-refractivity contribution in [3.63, 3.8) is 0 Å². The maximum Gasteiger partial charge on any atom is 0.224 e. The minimum atomic E-state index is 0.122. The topological polar surface area (TPSA) is 67.6 Å². The van der Waals surface area contributed by atoms with E-state index >= 15 is 0 Å². The Labute approximate surface area is 134 Å². The van der Waals surface area contributed by atoms with Crippen molar-refractivity contribution in [2.45, 2.75) is 6.42 Å². The normalized spacial score (nSPS) is 14.8. The highest BCUT2D eigenvalue weighted by Crippen LogP contribution is 2.20. The molecule has 0 saturated carbocycles. The van der Waals surface area contributed by atoms with E-state index in [0.29, 0.717) is 49.9 Å². The third kappa shape index (κ3) is 4.56. The third-order valence-corrected chi connectivity index (χ3v) is 3.72. The van der Waals surface area contributed by atoms with Crippen LogP contribution in [0.4, 0.5) is 5.69 Å². The molecule has 3 N–H and O–H groups in total. The Morgan fingerprint density at radius 2 is 2.14 bits per heavy atom. The van der Waals surface area contributed by atoms with E-state index in [4.69, 9.17) is 34.3 Å². The summed E-state index contributed by atoms with van der Waals surface area (Å²) in [5.74, 6) is 0.122.